The van der Waals surface area contributed by atoms with Crippen LogP contribution in [-0.4, -0.2) is 25.0 Å². The molecule has 1 aromatic carbocycles. The number of benzene rings is 1. The summed E-state index contributed by atoms with van der Waals surface area (Å²) in [6.07, 6.45) is 1.54. The van der Waals surface area contributed by atoms with Crippen LogP contribution in [0.25, 0.3) is 0 Å². The number of amides is 2. The summed E-state index contributed by atoms with van der Waals surface area (Å²) in [7, 11) is 0. The van der Waals surface area contributed by atoms with Gasteiger partial charge in [0.2, 0.25) is 11.8 Å². The van der Waals surface area contributed by atoms with Gasteiger partial charge in [-0.15, -0.1) is 0 Å². The smallest absolute Gasteiger partial charge is 0.239 e. The fourth-order valence-electron chi connectivity index (χ4n) is 1.74. The third-order valence-electron chi connectivity index (χ3n) is 2.91. The molecule has 7 heteroatoms. The number of hydrogen-bond donors (Lipinski definition) is 2. The van der Waals surface area contributed by atoms with Gasteiger partial charge in [0.1, 0.15) is 5.76 Å². The highest BCUT2D eigenvalue weighted by atomic mass is 19.1. The van der Waals surface area contributed by atoms with Crippen molar-refractivity contribution >= 4 is 11.8 Å². The van der Waals surface area contributed by atoms with Gasteiger partial charge in [0.15, 0.2) is 11.6 Å². The molecule has 2 N–H and O–H groups in total. The minimum Gasteiger partial charge on any atom is -0.490 e. The second-order valence-electron chi connectivity index (χ2n) is 4.66. The van der Waals surface area contributed by atoms with E-state index >= 15 is 0 Å². The zero-order valence-corrected chi connectivity index (χ0v) is 12.4. The van der Waals surface area contributed by atoms with Crippen molar-refractivity contribution in [3.8, 4) is 5.75 Å². The number of halogens is 1. The first kappa shape index (κ1) is 16.5. The highest BCUT2D eigenvalue weighted by Crippen LogP contribution is 2.15. The first-order chi connectivity index (χ1) is 11.1. The Labute approximate surface area is 132 Å². The molecule has 0 fully saturated rings. The highest BCUT2D eigenvalue weighted by Gasteiger charge is 2.07. The van der Waals surface area contributed by atoms with Crippen molar-refractivity contribution in [2.45, 2.75) is 13.0 Å². The maximum absolute atomic E-state index is 13.3. The summed E-state index contributed by atoms with van der Waals surface area (Å²) in [5.74, 6) is -0.441. The first-order valence-electron chi connectivity index (χ1n) is 7.08. The van der Waals surface area contributed by atoms with Gasteiger partial charge >= 0.3 is 0 Å². The molecule has 0 aliphatic carbocycles. The fraction of sp³-hybridized carbons (Fsp3) is 0.250. The predicted molar refractivity (Wildman–Crippen MR) is 80.1 cm³/mol. The number of carbonyl (C=O) groups excluding carboxylic acids is 2. The van der Waals surface area contributed by atoms with Crippen LogP contribution in [0.15, 0.2) is 47.1 Å². The van der Waals surface area contributed by atoms with E-state index in [1.807, 2.05) is 0 Å². The van der Waals surface area contributed by atoms with Crippen LogP contribution in [0, 0.1) is 5.82 Å². The van der Waals surface area contributed by atoms with Crippen LogP contribution in [0.3, 0.4) is 0 Å². The summed E-state index contributed by atoms with van der Waals surface area (Å²) in [6, 6.07) is 9.41. The summed E-state index contributed by atoms with van der Waals surface area (Å²) >= 11 is 0. The molecule has 1 aromatic heterocycles. The monoisotopic (exact) mass is 320 g/mol. The van der Waals surface area contributed by atoms with Gasteiger partial charge in [-0.2, -0.15) is 0 Å². The van der Waals surface area contributed by atoms with Gasteiger partial charge < -0.3 is 19.8 Å². The Morgan fingerprint density at radius 3 is 2.65 bits per heavy atom. The van der Waals surface area contributed by atoms with Crippen molar-refractivity contribution in [1.82, 2.24) is 10.6 Å². The van der Waals surface area contributed by atoms with Gasteiger partial charge in [-0.3, -0.25) is 9.59 Å². The standard InChI is InChI=1S/C16H17FN2O4/c17-13-5-1-2-6-14(13)23-9-7-15(20)19-11-16(21)18-10-12-4-3-8-22-12/h1-6,8H,7,9-11H2,(H,18,21)(H,19,20). The van der Waals surface area contributed by atoms with Crippen LogP contribution < -0.4 is 15.4 Å². The number of hydrogen-bond acceptors (Lipinski definition) is 4. The summed E-state index contributed by atoms with van der Waals surface area (Å²) in [5.41, 5.74) is 0. The molecule has 2 rings (SSSR count). The molecule has 0 saturated heterocycles. The van der Waals surface area contributed by atoms with Gasteiger partial charge in [-0.25, -0.2) is 4.39 Å². The van der Waals surface area contributed by atoms with Gasteiger partial charge in [0.05, 0.1) is 32.4 Å². The van der Waals surface area contributed by atoms with E-state index in [1.165, 1.54) is 18.4 Å². The van der Waals surface area contributed by atoms with E-state index < -0.39 is 5.82 Å². The summed E-state index contributed by atoms with van der Waals surface area (Å²) in [4.78, 5) is 23.1. The van der Waals surface area contributed by atoms with E-state index in [4.69, 9.17) is 9.15 Å². The van der Waals surface area contributed by atoms with E-state index in [9.17, 15) is 14.0 Å². The lowest BCUT2D eigenvalue weighted by Crippen LogP contribution is -2.37. The lowest BCUT2D eigenvalue weighted by molar-refractivity contribution is -0.126. The molecular weight excluding hydrogens is 303 g/mol. The second-order valence-corrected chi connectivity index (χ2v) is 4.66. The molecular formula is C16H17FN2O4. The third-order valence-corrected chi connectivity index (χ3v) is 2.91. The number of para-hydroxylation sites is 1. The van der Waals surface area contributed by atoms with Gasteiger partial charge in [-0.1, -0.05) is 12.1 Å². The van der Waals surface area contributed by atoms with Crippen LogP contribution in [-0.2, 0) is 16.1 Å². The SMILES string of the molecule is O=C(CCOc1ccccc1F)NCC(=O)NCc1ccco1. The van der Waals surface area contributed by atoms with Crippen LogP contribution in [0.5, 0.6) is 5.75 Å². The molecule has 0 aliphatic rings. The molecule has 23 heavy (non-hydrogen) atoms. The number of furan rings is 1. The maximum Gasteiger partial charge on any atom is 0.239 e. The van der Waals surface area contributed by atoms with Crippen LogP contribution in [0.1, 0.15) is 12.2 Å². The number of nitrogens with one attached hydrogen (secondary N) is 2. The molecule has 0 spiro atoms. The van der Waals surface area contributed by atoms with Crippen LogP contribution >= 0.6 is 0 Å². The Bertz CT molecular complexity index is 643. The Kier molecular flexibility index (Phi) is 6.17. The molecule has 0 unspecified atom stereocenters. The number of rotatable bonds is 8. The molecule has 0 bridgehead atoms. The van der Waals surface area contributed by atoms with E-state index in [1.54, 1.807) is 24.3 Å². The fourth-order valence-corrected chi connectivity index (χ4v) is 1.74. The average Bonchev–Trinajstić information content (AvgIpc) is 3.06. The third kappa shape index (κ3) is 5.82. The molecule has 0 aliphatic heterocycles. The zero-order valence-electron chi connectivity index (χ0n) is 12.4. The van der Waals surface area contributed by atoms with Gasteiger partial charge in [0.25, 0.3) is 0 Å². The largest absolute Gasteiger partial charge is 0.490 e. The van der Waals surface area contributed by atoms with Crippen molar-refractivity contribution in [1.29, 1.82) is 0 Å². The first-order valence-corrected chi connectivity index (χ1v) is 7.08. The molecule has 6 nitrogen and oxygen atoms in total. The van der Waals surface area contributed by atoms with Crippen molar-refractivity contribution in [2.75, 3.05) is 13.2 Å². The normalized spacial score (nSPS) is 10.1. The predicted octanol–water partition coefficient (Wildman–Crippen LogP) is 1.62. The number of carbonyl (C=O) groups is 2. The second kappa shape index (κ2) is 8.57. The van der Waals surface area contributed by atoms with Crippen molar-refractivity contribution < 1.29 is 23.1 Å². The van der Waals surface area contributed by atoms with Crippen molar-refractivity contribution in [3.05, 3.63) is 54.2 Å². The van der Waals surface area contributed by atoms with Gasteiger partial charge in [-0.05, 0) is 24.3 Å². The van der Waals surface area contributed by atoms with E-state index in [0.29, 0.717) is 5.76 Å². The lowest BCUT2D eigenvalue weighted by Gasteiger charge is -2.08. The lowest BCUT2D eigenvalue weighted by atomic mass is 10.3. The summed E-state index contributed by atoms with van der Waals surface area (Å²) in [6.45, 7) is 0.151. The topological polar surface area (TPSA) is 80.6 Å². The Morgan fingerprint density at radius 1 is 1.09 bits per heavy atom. The number of ether oxygens (including phenoxy) is 1. The van der Waals surface area contributed by atoms with Crippen molar-refractivity contribution in [3.63, 3.8) is 0 Å². The zero-order chi connectivity index (χ0) is 16.5. The van der Waals surface area contributed by atoms with E-state index in [2.05, 4.69) is 10.6 Å². The maximum atomic E-state index is 13.3. The Morgan fingerprint density at radius 2 is 1.91 bits per heavy atom. The Hall–Kier alpha value is -2.83. The van der Waals surface area contributed by atoms with E-state index in [0.717, 1.165) is 0 Å². The Balaban J connectivity index is 1.59. The summed E-state index contributed by atoms with van der Waals surface area (Å²) in [5, 5.41) is 5.06. The minimum atomic E-state index is -0.481. The van der Waals surface area contributed by atoms with Crippen LogP contribution in [0.2, 0.25) is 0 Å². The average molecular weight is 320 g/mol. The van der Waals surface area contributed by atoms with Crippen LogP contribution in [0.4, 0.5) is 4.39 Å². The minimum absolute atomic E-state index is 0.0276. The molecule has 0 atom stereocenters. The molecule has 2 amide bonds. The van der Waals surface area contributed by atoms with E-state index in [-0.39, 0.29) is 43.7 Å². The van der Waals surface area contributed by atoms with Crippen molar-refractivity contribution in [2.24, 2.45) is 0 Å². The quantitative estimate of drug-likeness (QED) is 0.774. The molecule has 0 radical (unpaired) electrons. The molecule has 2 aromatic rings. The molecule has 122 valence electrons. The molecule has 1 heterocycles. The summed E-state index contributed by atoms with van der Waals surface area (Å²) < 4.78 is 23.5. The van der Waals surface area contributed by atoms with Gasteiger partial charge in [0, 0.05) is 0 Å². The highest BCUT2D eigenvalue weighted by molar-refractivity contribution is 5.84. The molecule has 0 saturated carbocycles.